The smallest absolute Gasteiger partial charge is 0.398 e. The fourth-order valence-corrected chi connectivity index (χ4v) is 1.42. The summed E-state index contributed by atoms with van der Waals surface area (Å²) in [5.74, 6) is 0.512. The van der Waals surface area contributed by atoms with Gasteiger partial charge in [-0.3, -0.25) is 0 Å². The van der Waals surface area contributed by atoms with Crippen molar-refractivity contribution in [2.45, 2.75) is 26.4 Å². The summed E-state index contributed by atoms with van der Waals surface area (Å²) in [5.41, 5.74) is 4.73. The Morgan fingerprint density at radius 1 is 1.29 bits per heavy atom. The van der Waals surface area contributed by atoms with Crippen molar-refractivity contribution < 1.29 is 13.2 Å². The van der Waals surface area contributed by atoms with Crippen molar-refractivity contribution in [1.29, 1.82) is 0 Å². The summed E-state index contributed by atoms with van der Waals surface area (Å²) in [6.45, 7) is 4.77. The molecule has 0 saturated carbocycles. The summed E-state index contributed by atoms with van der Waals surface area (Å²) in [7, 11) is 0. The van der Waals surface area contributed by atoms with E-state index < -0.39 is 11.7 Å². The summed E-state index contributed by atoms with van der Waals surface area (Å²) in [6.07, 6.45) is -3.49. The zero-order valence-corrected chi connectivity index (χ0v) is 9.93. The Balaban J connectivity index is 2.76. The van der Waals surface area contributed by atoms with Crippen molar-refractivity contribution >= 4 is 11.4 Å². The molecule has 0 unspecified atom stereocenters. The number of alkyl halides is 3. The first-order valence-electron chi connectivity index (χ1n) is 5.51. The average molecular weight is 246 g/mol. The second kappa shape index (κ2) is 5.29. The molecule has 0 aliphatic rings. The van der Waals surface area contributed by atoms with Crippen LogP contribution < -0.4 is 11.1 Å². The topological polar surface area (TPSA) is 38.0 Å². The van der Waals surface area contributed by atoms with Gasteiger partial charge in [-0.15, -0.1) is 0 Å². The van der Waals surface area contributed by atoms with E-state index in [1.165, 1.54) is 6.07 Å². The third-order valence-corrected chi connectivity index (χ3v) is 2.41. The van der Waals surface area contributed by atoms with Crippen molar-refractivity contribution in [3.05, 3.63) is 23.8 Å². The highest BCUT2D eigenvalue weighted by molar-refractivity contribution is 5.58. The largest absolute Gasteiger partial charge is 0.418 e. The quantitative estimate of drug-likeness (QED) is 0.794. The number of hydrogen-bond acceptors (Lipinski definition) is 2. The number of nitrogens with two attached hydrogens (primary N) is 1. The zero-order chi connectivity index (χ0) is 13.1. The second-order valence-electron chi connectivity index (χ2n) is 4.41. The van der Waals surface area contributed by atoms with Crippen LogP contribution >= 0.6 is 0 Å². The molecule has 0 saturated heterocycles. The van der Waals surface area contributed by atoms with E-state index in [9.17, 15) is 13.2 Å². The van der Waals surface area contributed by atoms with Crippen LogP contribution in [0.2, 0.25) is 0 Å². The van der Waals surface area contributed by atoms with Crippen LogP contribution in [0.25, 0.3) is 0 Å². The predicted molar refractivity (Wildman–Crippen MR) is 63.8 cm³/mol. The minimum Gasteiger partial charge on any atom is -0.398 e. The number of benzene rings is 1. The van der Waals surface area contributed by atoms with Crippen LogP contribution in [0.4, 0.5) is 24.5 Å². The van der Waals surface area contributed by atoms with Crippen molar-refractivity contribution in [1.82, 2.24) is 0 Å². The first-order valence-corrected chi connectivity index (χ1v) is 5.51. The molecular weight excluding hydrogens is 229 g/mol. The van der Waals surface area contributed by atoms with Gasteiger partial charge in [0.1, 0.15) is 0 Å². The van der Waals surface area contributed by atoms with Gasteiger partial charge in [-0.05, 0) is 30.5 Å². The molecule has 0 heterocycles. The average Bonchev–Trinajstić information content (AvgIpc) is 2.18. The minimum atomic E-state index is -4.40. The highest BCUT2D eigenvalue weighted by atomic mass is 19.4. The van der Waals surface area contributed by atoms with Gasteiger partial charge in [-0.2, -0.15) is 13.2 Å². The first-order chi connectivity index (χ1) is 7.80. The maximum Gasteiger partial charge on any atom is 0.418 e. The van der Waals surface area contributed by atoms with Crippen molar-refractivity contribution in [3.8, 4) is 0 Å². The Hall–Kier alpha value is -1.39. The predicted octanol–water partition coefficient (Wildman–Crippen LogP) is 3.75. The van der Waals surface area contributed by atoms with Crippen LogP contribution in [0.3, 0.4) is 0 Å². The molecule has 0 aromatic heterocycles. The van der Waals surface area contributed by atoms with Crippen molar-refractivity contribution in [3.63, 3.8) is 0 Å². The molecule has 2 nitrogen and oxygen atoms in total. The summed E-state index contributed by atoms with van der Waals surface area (Å²) < 4.78 is 37.7. The van der Waals surface area contributed by atoms with Crippen LogP contribution in [0.15, 0.2) is 18.2 Å². The van der Waals surface area contributed by atoms with E-state index in [2.05, 4.69) is 19.2 Å². The van der Waals surface area contributed by atoms with E-state index in [0.717, 1.165) is 12.5 Å². The molecule has 0 spiro atoms. The molecule has 0 bridgehead atoms. The lowest BCUT2D eigenvalue weighted by molar-refractivity contribution is -0.136. The number of nitrogens with one attached hydrogen (secondary N) is 1. The van der Waals surface area contributed by atoms with E-state index in [0.29, 0.717) is 18.2 Å². The lowest BCUT2D eigenvalue weighted by Gasteiger charge is -2.13. The Bertz CT molecular complexity index is 373. The highest BCUT2D eigenvalue weighted by Crippen LogP contribution is 2.35. The van der Waals surface area contributed by atoms with Gasteiger partial charge in [-0.1, -0.05) is 13.8 Å². The molecular formula is C12H17F3N2. The number of anilines is 2. The molecule has 5 heteroatoms. The highest BCUT2D eigenvalue weighted by Gasteiger charge is 2.33. The third kappa shape index (κ3) is 4.17. The molecule has 0 fully saturated rings. The standard InChI is InChI=1S/C12H17F3N2/c1-8(2)5-6-17-9-3-4-11(16)10(7-9)12(13,14)15/h3-4,7-8,17H,5-6,16H2,1-2H3. The normalized spacial score (nSPS) is 11.9. The minimum absolute atomic E-state index is 0.244. The molecule has 96 valence electrons. The van der Waals surface area contributed by atoms with Crippen LogP contribution in [0.5, 0.6) is 0 Å². The summed E-state index contributed by atoms with van der Waals surface area (Å²) in [5, 5.41) is 2.96. The lowest BCUT2D eigenvalue weighted by Crippen LogP contribution is -2.11. The fourth-order valence-electron chi connectivity index (χ4n) is 1.42. The van der Waals surface area contributed by atoms with Gasteiger partial charge >= 0.3 is 6.18 Å². The summed E-state index contributed by atoms with van der Waals surface area (Å²) in [6, 6.07) is 3.89. The van der Waals surface area contributed by atoms with Gasteiger partial charge < -0.3 is 11.1 Å². The Kier molecular flexibility index (Phi) is 4.26. The SMILES string of the molecule is CC(C)CCNc1ccc(N)c(C(F)(F)F)c1. The molecule has 0 atom stereocenters. The molecule has 1 aromatic rings. The van der Waals surface area contributed by atoms with Crippen LogP contribution in [-0.4, -0.2) is 6.54 Å². The van der Waals surface area contributed by atoms with Crippen LogP contribution in [0.1, 0.15) is 25.8 Å². The van der Waals surface area contributed by atoms with Gasteiger partial charge in [0.2, 0.25) is 0 Å². The third-order valence-electron chi connectivity index (χ3n) is 2.41. The van der Waals surface area contributed by atoms with Crippen LogP contribution in [-0.2, 0) is 6.18 Å². The Labute approximate surface area is 99.0 Å². The van der Waals surface area contributed by atoms with Crippen molar-refractivity contribution in [2.75, 3.05) is 17.6 Å². The molecule has 0 aliphatic heterocycles. The van der Waals surface area contributed by atoms with E-state index in [1.807, 2.05) is 0 Å². The molecule has 17 heavy (non-hydrogen) atoms. The number of halogens is 3. The zero-order valence-electron chi connectivity index (χ0n) is 9.93. The maximum absolute atomic E-state index is 12.6. The molecule has 1 aromatic carbocycles. The first kappa shape index (κ1) is 13.7. The second-order valence-corrected chi connectivity index (χ2v) is 4.41. The van der Waals surface area contributed by atoms with E-state index in [-0.39, 0.29) is 5.69 Å². The van der Waals surface area contributed by atoms with Gasteiger partial charge in [-0.25, -0.2) is 0 Å². The van der Waals surface area contributed by atoms with Gasteiger partial charge in [0, 0.05) is 17.9 Å². The van der Waals surface area contributed by atoms with E-state index in [1.54, 1.807) is 6.07 Å². The van der Waals surface area contributed by atoms with Crippen molar-refractivity contribution in [2.24, 2.45) is 5.92 Å². The molecule has 0 amide bonds. The Morgan fingerprint density at radius 2 is 1.94 bits per heavy atom. The molecule has 0 radical (unpaired) electrons. The number of rotatable bonds is 4. The molecule has 3 N–H and O–H groups in total. The van der Waals surface area contributed by atoms with Gasteiger partial charge in [0.05, 0.1) is 5.56 Å². The summed E-state index contributed by atoms with van der Waals surface area (Å²) >= 11 is 0. The monoisotopic (exact) mass is 246 g/mol. The van der Waals surface area contributed by atoms with E-state index in [4.69, 9.17) is 5.73 Å². The molecule has 0 aliphatic carbocycles. The van der Waals surface area contributed by atoms with E-state index >= 15 is 0 Å². The fraction of sp³-hybridized carbons (Fsp3) is 0.500. The maximum atomic E-state index is 12.6. The molecule has 1 rings (SSSR count). The van der Waals surface area contributed by atoms with Gasteiger partial charge in [0.25, 0.3) is 0 Å². The number of nitrogen functional groups attached to an aromatic ring is 1. The van der Waals surface area contributed by atoms with Gasteiger partial charge in [0.15, 0.2) is 0 Å². The Morgan fingerprint density at radius 3 is 2.47 bits per heavy atom. The summed E-state index contributed by atoms with van der Waals surface area (Å²) in [4.78, 5) is 0. The lowest BCUT2D eigenvalue weighted by atomic mass is 10.1. The number of hydrogen-bond donors (Lipinski definition) is 2. The van der Waals surface area contributed by atoms with Crippen LogP contribution in [0, 0.1) is 5.92 Å².